The Morgan fingerprint density at radius 3 is 2.65 bits per heavy atom. The van der Waals surface area contributed by atoms with Crippen LogP contribution in [0.5, 0.6) is 0 Å². The van der Waals surface area contributed by atoms with E-state index in [9.17, 15) is 9.59 Å². The second-order valence-electron chi connectivity index (χ2n) is 4.46. The number of anilines is 1. The molecule has 6 nitrogen and oxygen atoms in total. The van der Waals surface area contributed by atoms with Crippen LogP contribution in [-0.2, 0) is 4.79 Å². The maximum atomic E-state index is 12.0. The van der Waals surface area contributed by atoms with Gasteiger partial charge in [-0.1, -0.05) is 12.1 Å². The largest absolute Gasteiger partial charge is 0.479 e. The summed E-state index contributed by atoms with van der Waals surface area (Å²) in [4.78, 5) is 24.0. The number of rotatable bonds is 6. The molecule has 20 heavy (non-hydrogen) atoms. The number of carboxylic acid groups (broad SMARTS) is 1. The monoisotopic (exact) mass is 280 g/mol. The lowest BCUT2D eigenvalue weighted by molar-refractivity contribution is -0.146. The highest BCUT2D eigenvalue weighted by molar-refractivity contribution is 5.92. The van der Waals surface area contributed by atoms with E-state index in [0.717, 1.165) is 11.3 Å². The average molecular weight is 280 g/mol. The molecule has 0 unspecified atom stereocenters. The van der Waals surface area contributed by atoms with E-state index < -0.39 is 12.1 Å². The number of hydrogen-bond acceptors (Lipinski definition) is 3. The summed E-state index contributed by atoms with van der Waals surface area (Å²) in [6.07, 6.45) is -1.48. The normalized spacial score (nSPS) is 11.8. The molecule has 0 saturated heterocycles. The number of carbonyl (C=O) groups is 2. The zero-order chi connectivity index (χ0) is 15.1. The molecule has 1 rings (SSSR count). The molecule has 0 saturated carbocycles. The van der Waals surface area contributed by atoms with Gasteiger partial charge in [-0.15, -0.1) is 0 Å². The Balaban J connectivity index is 2.58. The first-order chi connectivity index (χ1) is 9.45. The van der Waals surface area contributed by atoms with Crippen LogP contribution in [0.25, 0.3) is 0 Å². The van der Waals surface area contributed by atoms with Gasteiger partial charge in [-0.05, 0) is 31.5 Å². The lowest BCUT2D eigenvalue weighted by Gasteiger charge is -2.22. The number of nitrogens with zero attached hydrogens (tertiary/aromatic N) is 1. The fourth-order valence-corrected chi connectivity index (χ4v) is 1.77. The molecule has 0 fully saturated rings. The van der Waals surface area contributed by atoms with E-state index in [4.69, 9.17) is 10.2 Å². The Kier molecular flexibility index (Phi) is 5.99. The van der Waals surface area contributed by atoms with Gasteiger partial charge >= 0.3 is 12.0 Å². The standard InChI is InChI=1S/C14H20N2O4/c1-3-16(11-6-4-5-10(2)9-11)14(20)15-8-7-12(17)13(18)19/h4-6,9,12,17H,3,7-8H2,1-2H3,(H,15,20)(H,18,19)/t12-/m0/s1. The number of aliphatic hydroxyl groups is 1. The van der Waals surface area contributed by atoms with Crippen molar-refractivity contribution < 1.29 is 19.8 Å². The van der Waals surface area contributed by atoms with Gasteiger partial charge in [0, 0.05) is 25.2 Å². The summed E-state index contributed by atoms with van der Waals surface area (Å²) < 4.78 is 0. The minimum Gasteiger partial charge on any atom is -0.479 e. The number of carboxylic acids is 1. The molecule has 1 atom stereocenters. The molecule has 0 bridgehead atoms. The number of carbonyl (C=O) groups excluding carboxylic acids is 1. The van der Waals surface area contributed by atoms with E-state index in [1.54, 1.807) is 4.90 Å². The Labute approximate surface area is 118 Å². The molecule has 6 heteroatoms. The molecular formula is C14H20N2O4. The summed E-state index contributed by atoms with van der Waals surface area (Å²) in [5.41, 5.74) is 1.83. The molecule has 0 aliphatic heterocycles. The molecule has 0 spiro atoms. The first-order valence-corrected chi connectivity index (χ1v) is 6.48. The van der Waals surface area contributed by atoms with Gasteiger partial charge in [-0.2, -0.15) is 0 Å². The molecule has 1 aromatic carbocycles. The highest BCUT2D eigenvalue weighted by Gasteiger charge is 2.16. The Morgan fingerprint density at radius 2 is 2.10 bits per heavy atom. The number of aryl methyl sites for hydroxylation is 1. The Hall–Kier alpha value is -2.08. The number of hydrogen-bond donors (Lipinski definition) is 3. The number of nitrogens with one attached hydrogen (secondary N) is 1. The number of amides is 2. The lowest BCUT2D eigenvalue weighted by atomic mass is 10.2. The van der Waals surface area contributed by atoms with Crippen molar-refractivity contribution in [2.45, 2.75) is 26.4 Å². The molecule has 2 amide bonds. The summed E-state index contributed by atoms with van der Waals surface area (Å²) in [6.45, 7) is 4.40. The third kappa shape index (κ3) is 4.55. The van der Waals surface area contributed by atoms with E-state index in [0.29, 0.717) is 6.54 Å². The van der Waals surface area contributed by atoms with Gasteiger partial charge < -0.3 is 15.5 Å². The maximum absolute atomic E-state index is 12.0. The highest BCUT2D eigenvalue weighted by atomic mass is 16.4. The van der Waals surface area contributed by atoms with Crippen molar-refractivity contribution in [3.63, 3.8) is 0 Å². The molecule has 0 aromatic heterocycles. The predicted octanol–water partition coefficient (Wildman–Crippen LogP) is 1.37. The van der Waals surface area contributed by atoms with E-state index in [1.807, 2.05) is 38.1 Å². The molecule has 110 valence electrons. The number of aliphatic hydroxyl groups excluding tert-OH is 1. The Bertz CT molecular complexity index is 476. The molecule has 1 aromatic rings. The quantitative estimate of drug-likeness (QED) is 0.734. The topological polar surface area (TPSA) is 89.9 Å². The van der Waals surface area contributed by atoms with Gasteiger partial charge in [0.2, 0.25) is 0 Å². The van der Waals surface area contributed by atoms with Crippen molar-refractivity contribution in [3.8, 4) is 0 Å². The molecule has 0 aliphatic rings. The summed E-state index contributed by atoms with van der Waals surface area (Å²) in [6, 6.07) is 7.24. The average Bonchev–Trinajstić information content (AvgIpc) is 2.39. The van der Waals surface area contributed by atoms with Gasteiger partial charge in [-0.3, -0.25) is 4.90 Å². The lowest BCUT2D eigenvalue weighted by Crippen LogP contribution is -2.41. The van der Waals surface area contributed by atoms with Crippen LogP contribution >= 0.6 is 0 Å². The van der Waals surface area contributed by atoms with Crippen molar-refractivity contribution in [1.29, 1.82) is 0 Å². The second kappa shape index (κ2) is 7.49. The van der Waals surface area contributed by atoms with Crippen LogP contribution in [0.3, 0.4) is 0 Å². The summed E-state index contributed by atoms with van der Waals surface area (Å²) in [7, 11) is 0. The minimum atomic E-state index is -1.45. The van der Waals surface area contributed by atoms with Crippen molar-refractivity contribution in [2.75, 3.05) is 18.0 Å². The number of urea groups is 1. The van der Waals surface area contributed by atoms with Crippen molar-refractivity contribution in [1.82, 2.24) is 5.32 Å². The van der Waals surface area contributed by atoms with E-state index in [1.165, 1.54) is 0 Å². The molecule has 0 heterocycles. The van der Waals surface area contributed by atoms with E-state index in [-0.39, 0.29) is 19.0 Å². The maximum Gasteiger partial charge on any atom is 0.332 e. The van der Waals surface area contributed by atoms with Crippen molar-refractivity contribution in [3.05, 3.63) is 29.8 Å². The smallest absolute Gasteiger partial charge is 0.332 e. The SMILES string of the molecule is CCN(C(=O)NCC[C@H](O)C(=O)O)c1cccc(C)c1. The van der Waals surface area contributed by atoms with Gasteiger partial charge in [0.25, 0.3) is 0 Å². The zero-order valence-electron chi connectivity index (χ0n) is 11.7. The molecule has 3 N–H and O–H groups in total. The van der Waals surface area contributed by atoms with Crippen molar-refractivity contribution in [2.24, 2.45) is 0 Å². The zero-order valence-corrected chi connectivity index (χ0v) is 11.7. The van der Waals surface area contributed by atoms with Gasteiger partial charge in [0.05, 0.1) is 0 Å². The molecule has 0 aliphatic carbocycles. The first-order valence-electron chi connectivity index (χ1n) is 6.48. The van der Waals surface area contributed by atoms with Gasteiger partial charge in [-0.25, -0.2) is 9.59 Å². The summed E-state index contributed by atoms with van der Waals surface area (Å²) in [5, 5.41) is 20.3. The summed E-state index contributed by atoms with van der Waals surface area (Å²) >= 11 is 0. The minimum absolute atomic E-state index is 0.0214. The van der Waals surface area contributed by atoms with Crippen LogP contribution < -0.4 is 10.2 Å². The molecule has 0 radical (unpaired) electrons. The van der Waals surface area contributed by atoms with Crippen LogP contribution in [0.1, 0.15) is 18.9 Å². The fourth-order valence-electron chi connectivity index (χ4n) is 1.77. The number of aliphatic carboxylic acids is 1. The third-order valence-electron chi connectivity index (χ3n) is 2.85. The van der Waals surface area contributed by atoms with Crippen LogP contribution in [0, 0.1) is 6.92 Å². The van der Waals surface area contributed by atoms with Crippen LogP contribution in [-0.4, -0.2) is 41.4 Å². The van der Waals surface area contributed by atoms with E-state index in [2.05, 4.69) is 5.32 Å². The Morgan fingerprint density at radius 1 is 1.40 bits per heavy atom. The van der Waals surface area contributed by atoms with Gasteiger partial charge in [0.15, 0.2) is 6.10 Å². The van der Waals surface area contributed by atoms with Gasteiger partial charge in [0.1, 0.15) is 0 Å². The van der Waals surface area contributed by atoms with E-state index >= 15 is 0 Å². The second-order valence-corrected chi connectivity index (χ2v) is 4.46. The summed E-state index contributed by atoms with van der Waals surface area (Å²) in [5.74, 6) is -1.29. The highest BCUT2D eigenvalue weighted by Crippen LogP contribution is 2.15. The first kappa shape index (κ1) is 16.0. The van der Waals surface area contributed by atoms with Crippen LogP contribution in [0.4, 0.5) is 10.5 Å². The number of benzene rings is 1. The third-order valence-corrected chi connectivity index (χ3v) is 2.85. The molecular weight excluding hydrogens is 260 g/mol. The van der Waals surface area contributed by atoms with Crippen LogP contribution in [0.2, 0.25) is 0 Å². The van der Waals surface area contributed by atoms with Crippen molar-refractivity contribution >= 4 is 17.7 Å². The fraction of sp³-hybridized carbons (Fsp3) is 0.429. The predicted molar refractivity (Wildman–Crippen MR) is 75.9 cm³/mol. The van der Waals surface area contributed by atoms with Crippen LogP contribution in [0.15, 0.2) is 24.3 Å².